The van der Waals surface area contributed by atoms with Crippen LogP contribution in [0.5, 0.6) is 0 Å². The summed E-state index contributed by atoms with van der Waals surface area (Å²) >= 11 is 8.98. The van der Waals surface area contributed by atoms with Crippen LogP contribution in [0.1, 0.15) is 37.7 Å². The number of hydrogen-bond acceptors (Lipinski definition) is 6. The van der Waals surface area contributed by atoms with Crippen molar-refractivity contribution in [2.75, 3.05) is 16.4 Å². The van der Waals surface area contributed by atoms with Gasteiger partial charge in [-0.1, -0.05) is 60.0 Å². The van der Waals surface area contributed by atoms with Crippen LogP contribution in [-0.4, -0.2) is 27.9 Å². The number of carbonyl (C=O) groups is 1. The van der Waals surface area contributed by atoms with E-state index in [0.717, 1.165) is 20.7 Å². The summed E-state index contributed by atoms with van der Waals surface area (Å²) in [6.07, 6.45) is 6.28. The van der Waals surface area contributed by atoms with E-state index >= 15 is 0 Å². The number of aromatic nitrogens is 2. The molecule has 2 N–H and O–H groups in total. The molecule has 1 fully saturated rings. The summed E-state index contributed by atoms with van der Waals surface area (Å²) in [7, 11) is 0. The average molecular weight is 397 g/mol. The highest BCUT2D eigenvalue weighted by Crippen LogP contribution is 2.29. The van der Waals surface area contributed by atoms with Gasteiger partial charge in [-0.25, -0.2) is 0 Å². The summed E-state index contributed by atoms with van der Waals surface area (Å²) in [5.74, 6) is 0.219. The van der Waals surface area contributed by atoms with Crippen LogP contribution in [0.4, 0.5) is 10.8 Å². The molecule has 1 amide bonds. The minimum absolute atomic E-state index is 0.0765. The van der Waals surface area contributed by atoms with E-state index in [0.29, 0.717) is 16.8 Å². The van der Waals surface area contributed by atoms with Crippen molar-refractivity contribution in [1.29, 1.82) is 0 Å². The molecule has 2 aromatic rings. The molecule has 3 rings (SSSR count). The SMILES string of the molecule is Cc1c(Cl)cccc1NC(=O)CSc1nnc(NC2CCCCC2)s1. The minimum atomic E-state index is -0.0765. The van der Waals surface area contributed by atoms with Crippen molar-refractivity contribution in [3.8, 4) is 0 Å². The lowest BCUT2D eigenvalue weighted by molar-refractivity contribution is -0.113. The van der Waals surface area contributed by atoms with Gasteiger partial charge < -0.3 is 10.6 Å². The number of rotatable bonds is 6. The zero-order valence-electron chi connectivity index (χ0n) is 14.0. The number of benzene rings is 1. The maximum atomic E-state index is 12.1. The number of hydrogen-bond donors (Lipinski definition) is 2. The molecular weight excluding hydrogens is 376 g/mol. The molecule has 1 aliphatic rings. The first-order valence-electron chi connectivity index (χ1n) is 8.39. The Hall–Kier alpha value is -1.31. The molecular formula is C17H21ClN4OS2. The smallest absolute Gasteiger partial charge is 0.234 e. The van der Waals surface area contributed by atoms with Gasteiger partial charge in [0.15, 0.2) is 4.34 Å². The lowest BCUT2D eigenvalue weighted by Gasteiger charge is -2.21. The Labute approximate surface area is 161 Å². The van der Waals surface area contributed by atoms with Gasteiger partial charge in [0.1, 0.15) is 0 Å². The van der Waals surface area contributed by atoms with Gasteiger partial charge in [0.25, 0.3) is 0 Å². The maximum Gasteiger partial charge on any atom is 0.234 e. The Morgan fingerprint density at radius 1 is 1.32 bits per heavy atom. The molecule has 0 spiro atoms. The molecule has 1 heterocycles. The monoisotopic (exact) mass is 396 g/mol. The molecule has 0 saturated heterocycles. The third kappa shape index (κ3) is 5.33. The topological polar surface area (TPSA) is 66.9 Å². The second-order valence-corrected chi connectivity index (χ2v) is 8.71. The predicted molar refractivity (Wildman–Crippen MR) is 106 cm³/mol. The molecule has 1 aromatic carbocycles. The summed E-state index contributed by atoms with van der Waals surface area (Å²) in [6.45, 7) is 1.89. The molecule has 25 heavy (non-hydrogen) atoms. The number of halogens is 1. The Balaban J connectivity index is 1.48. The number of amides is 1. The molecule has 1 aromatic heterocycles. The fraction of sp³-hybridized carbons (Fsp3) is 0.471. The summed E-state index contributed by atoms with van der Waals surface area (Å²) in [5.41, 5.74) is 1.62. The van der Waals surface area contributed by atoms with E-state index in [1.807, 2.05) is 25.1 Å². The second kappa shape index (κ2) is 8.87. The van der Waals surface area contributed by atoms with Crippen LogP contribution in [0.15, 0.2) is 22.5 Å². The van der Waals surface area contributed by atoms with Crippen molar-refractivity contribution in [1.82, 2.24) is 10.2 Å². The maximum absolute atomic E-state index is 12.1. The number of thioether (sulfide) groups is 1. The largest absolute Gasteiger partial charge is 0.357 e. The van der Waals surface area contributed by atoms with Crippen LogP contribution in [0.3, 0.4) is 0 Å². The van der Waals surface area contributed by atoms with Gasteiger partial charge in [-0.2, -0.15) is 0 Å². The minimum Gasteiger partial charge on any atom is -0.357 e. The van der Waals surface area contributed by atoms with E-state index in [2.05, 4.69) is 20.8 Å². The fourth-order valence-electron chi connectivity index (χ4n) is 2.80. The standard InChI is InChI=1S/C17H21ClN4OS2/c1-11-13(18)8-5-9-14(11)20-15(23)10-24-17-22-21-16(25-17)19-12-6-3-2-4-7-12/h5,8-9,12H,2-4,6-7,10H2,1H3,(H,19,21)(H,20,23). The van der Waals surface area contributed by atoms with E-state index in [4.69, 9.17) is 11.6 Å². The third-order valence-corrected chi connectivity index (χ3v) is 6.61. The van der Waals surface area contributed by atoms with Gasteiger partial charge in [-0.05, 0) is 37.5 Å². The van der Waals surface area contributed by atoms with Gasteiger partial charge in [0, 0.05) is 16.8 Å². The van der Waals surface area contributed by atoms with Gasteiger partial charge in [0.2, 0.25) is 11.0 Å². The van der Waals surface area contributed by atoms with E-state index in [1.165, 1.54) is 55.2 Å². The molecule has 0 atom stereocenters. The number of carbonyl (C=O) groups excluding carboxylic acids is 1. The van der Waals surface area contributed by atoms with E-state index < -0.39 is 0 Å². The van der Waals surface area contributed by atoms with Crippen molar-refractivity contribution in [3.63, 3.8) is 0 Å². The summed E-state index contributed by atoms with van der Waals surface area (Å²) in [4.78, 5) is 12.1. The van der Waals surface area contributed by atoms with Crippen LogP contribution in [0.25, 0.3) is 0 Å². The first-order valence-corrected chi connectivity index (χ1v) is 10.6. The van der Waals surface area contributed by atoms with Crippen molar-refractivity contribution in [2.45, 2.75) is 49.4 Å². The summed E-state index contributed by atoms with van der Waals surface area (Å²) in [5, 5.41) is 16.2. The highest BCUT2D eigenvalue weighted by Gasteiger charge is 2.16. The van der Waals surface area contributed by atoms with Crippen LogP contribution in [0.2, 0.25) is 5.02 Å². The third-order valence-electron chi connectivity index (χ3n) is 4.21. The molecule has 134 valence electrons. The highest BCUT2D eigenvalue weighted by molar-refractivity contribution is 8.01. The molecule has 5 nitrogen and oxygen atoms in total. The Morgan fingerprint density at radius 3 is 2.92 bits per heavy atom. The predicted octanol–water partition coefficient (Wildman–Crippen LogP) is 4.98. The zero-order chi connectivity index (χ0) is 17.6. The van der Waals surface area contributed by atoms with Crippen LogP contribution < -0.4 is 10.6 Å². The molecule has 1 aliphatic carbocycles. The lowest BCUT2D eigenvalue weighted by atomic mass is 9.96. The van der Waals surface area contributed by atoms with Crippen molar-refractivity contribution >= 4 is 51.4 Å². The normalized spacial score (nSPS) is 15.1. The second-order valence-electron chi connectivity index (χ2n) is 6.10. The van der Waals surface area contributed by atoms with Gasteiger partial charge in [-0.15, -0.1) is 10.2 Å². The van der Waals surface area contributed by atoms with E-state index in [1.54, 1.807) is 0 Å². The molecule has 1 saturated carbocycles. The van der Waals surface area contributed by atoms with Crippen LogP contribution in [0, 0.1) is 6.92 Å². The van der Waals surface area contributed by atoms with Crippen molar-refractivity contribution in [3.05, 3.63) is 28.8 Å². The lowest BCUT2D eigenvalue weighted by Crippen LogP contribution is -2.21. The van der Waals surface area contributed by atoms with Crippen molar-refractivity contribution in [2.24, 2.45) is 0 Å². The van der Waals surface area contributed by atoms with Crippen molar-refractivity contribution < 1.29 is 4.79 Å². The van der Waals surface area contributed by atoms with Crippen LogP contribution >= 0.6 is 34.7 Å². The Morgan fingerprint density at radius 2 is 2.12 bits per heavy atom. The Bertz CT molecular complexity index is 731. The highest BCUT2D eigenvalue weighted by atomic mass is 35.5. The molecule has 0 unspecified atom stereocenters. The van der Waals surface area contributed by atoms with Gasteiger partial charge in [0.05, 0.1) is 5.75 Å². The first kappa shape index (κ1) is 18.5. The zero-order valence-corrected chi connectivity index (χ0v) is 16.4. The van der Waals surface area contributed by atoms with E-state index in [-0.39, 0.29) is 5.91 Å². The fourth-order valence-corrected chi connectivity index (χ4v) is 4.61. The van der Waals surface area contributed by atoms with Gasteiger partial charge >= 0.3 is 0 Å². The number of anilines is 2. The Kier molecular flexibility index (Phi) is 6.56. The van der Waals surface area contributed by atoms with Gasteiger partial charge in [-0.3, -0.25) is 4.79 Å². The average Bonchev–Trinajstić information content (AvgIpc) is 3.05. The first-order chi connectivity index (χ1) is 12.1. The van der Waals surface area contributed by atoms with E-state index in [9.17, 15) is 4.79 Å². The number of nitrogens with one attached hydrogen (secondary N) is 2. The summed E-state index contributed by atoms with van der Waals surface area (Å²) in [6, 6.07) is 5.99. The molecule has 0 radical (unpaired) electrons. The molecule has 0 aliphatic heterocycles. The number of nitrogens with zero attached hydrogens (tertiary/aromatic N) is 2. The molecule has 0 bridgehead atoms. The van der Waals surface area contributed by atoms with Crippen LogP contribution in [-0.2, 0) is 4.79 Å². The molecule has 8 heteroatoms. The summed E-state index contributed by atoms with van der Waals surface area (Å²) < 4.78 is 0.802. The quantitative estimate of drug-likeness (QED) is 0.674.